The van der Waals surface area contributed by atoms with Gasteiger partial charge in [0.2, 0.25) is 0 Å². The maximum Gasteiger partial charge on any atom is 0.269 e. The van der Waals surface area contributed by atoms with Gasteiger partial charge in [0.25, 0.3) is 5.69 Å². The van der Waals surface area contributed by atoms with Crippen LogP contribution in [0.3, 0.4) is 0 Å². The molecule has 0 unspecified atom stereocenters. The smallest absolute Gasteiger partial charge is 0.269 e. The van der Waals surface area contributed by atoms with Crippen LogP contribution in [0.5, 0.6) is 0 Å². The van der Waals surface area contributed by atoms with Crippen molar-refractivity contribution in [2.75, 3.05) is 5.32 Å². The summed E-state index contributed by atoms with van der Waals surface area (Å²) >= 11 is 0. The number of nitro groups is 1. The number of fused-ring (bicyclic) bond motifs is 1. The number of non-ortho nitro benzene ring substituents is 1. The van der Waals surface area contributed by atoms with E-state index in [0.717, 1.165) is 28.1 Å². The number of nitrogens with zero attached hydrogens (tertiary/aromatic N) is 3. The standard InChI is InChI=1S/C16H14N4O2/c1-10-3-8-14-15(9-11(2)18-16(14)17-10)19-12-4-6-13(7-5-12)20(21)22/h3-9H,1-2H3,(H,17,18,19). The first kappa shape index (κ1) is 13.9. The lowest BCUT2D eigenvalue weighted by molar-refractivity contribution is -0.384. The van der Waals surface area contributed by atoms with E-state index in [9.17, 15) is 10.1 Å². The van der Waals surface area contributed by atoms with Gasteiger partial charge in [-0.2, -0.15) is 0 Å². The summed E-state index contributed by atoms with van der Waals surface area (Å²) in [6, 6.07) is 12.1. The van der Waals surface area contributed by atoms with Crippen molar-refractivity contribution in [1.29, 1.82) is 0 Å². The van der Waals surface area contributed by atoms with Crippen molar-refractivity contribution in [2.45, 2.75) is 13.8 Å². The third kappa shape index (κ3) is 2.71. The third-order valence-corrected chi connectivity index (χ3v) is 3.30. The van der Waals surface area contributed by atoms with Gasteiger partial charge >= 0.3 is 0 Å². The molecule has 0 bridgehead atoms. The first-order valence-electron chi connectivity index (χ1n) is 6.79. The summed E-state index contributed by atoms with van der Waals surface area (Å²) in [6.07, 6.45) is 0. The second-order valence-electron chi connectivity index (χ2n) is 5.06. The van der Waals surface area contributed by atoms with Crippen LogP contribution in [0.25, 0.3) is 11.0 Å². The molecule has 0 fully saturated rings. The summed E-state index contributed by atoms with van der Waals surface area (Å²) in [6.45, 7) is 3.83. The number of benzene rings is 1. The average Bonchev–Trinajstić information content (AvgIpc) is 2.47. The van der Waals surface area contributed by atoms with E-state index in [1.165, 1.54) is 12.1 Å². The molecule has 22 heavy (non-hydrogen) atoms. The van der Waals surface area contributed by atoms with Crippen molar-refractivity contribution >= 4 is 28.1 Å². The molecule has 3 aromatic rings. The van der Waals surface area contributed by atoms with Crippen LogP contribution in [0, 0.1) is 24.0 Å². The number of hydrogen-bond donors (Lipinski definition) is 1. The fourth-order valence-corrected chi connectivity index (χ4v) is 2.25. The van der Waals surface area contributed by atoms with Crippen LogP contribution in [-0.2, 0) is 0 Å². The number of anilines is 2. The molecule has 6 heteroatoms. The van der Waals surface area contributed by atoms with Gasteiger partial charge in [-0.3, -0.25) is 10.1 Å². The quantitative estimate of drug-likeness (QED) is 0.585. The molecule has 0 aliphatic heterocycles. The number of hydrogen-bond acceptors (Lipinski definition) is 5. The number of aryl methyl sites for hydroxylation is 2. The zero-order valence-corrected chi connectivity index (χ0v) is 12.2. The van der Waals surface area contributed by atoms with Crippen molar-refractivity contribution in [3.05, 3.63) is 64.0 Å². The Morgan fingerprint density at radius 1 is 1.00 bits per heavy atom. The van der Waals surface area contributed by atoms with Crippen LogP contribution in [0.4, 0.5) is 17.1 Å². The highest BCUT2D eigenvalue weighted by Gasteiger charge is 2.08. The predicted octanol–water partition coefficient (Wildman–Crippen LogP) is 3.90. The molecule has 0 saturated heterocycles. The normalized spacial score (nSPS) is 10.6. The Bertz CT molecular complexity index is 855. The summed E-state index contributed by atoms with van der Waals surface area (Å²) in [5, 5.41) is 14.9. The van der Waals surface area contributed by atoms with Gasteiger partial charge in [0.15, 0.2) is 5.65 Å². The molecule has 110 valence electrons. The van der Waals surface area contributed by atoms with Crippen LogP contribution in [0.15, 0.2) is 42.5 Å². The van der Waals surface area contributed by atoms with Gasteiger partial charge in [-0.15, -0.1) is 0 Å². The first-order valence-corrected chi connectivity index (χ1v) is 6.79. The van der Waals surface area contributed by atoms with Crippen LogP contribution < -0.4 is 5.32 Å². The molecule has 2 heterocycles. The Morgan fingerprint density at radius 2 is 1.68 bits per heavy atom. The number of rotatable bonds is 3. The lowest BCUT2D eigenvalue weighted by Crippen LogP contribution is -1.97. The number of aromatic nitrogens is 2. The topological polar surface area (TPSA) is 81.0 Å². The van der Waals surface area contributed by atoms with Gasteiger partial charge in [0, 0.05) is 34.6 Å². The SMILES string of the molecule is Cc1ccc2c(Nc3ccc([N+](=O)[O-])cc3)cc(C)nc2n1. The molecule has 0 spiro atoms. The molecule has 0 aliphatic rings. The second kappa shape index (κ2) is 5.40. The molecule has 3 rings (SSSR count). The molecule has 0 amide bonds. The Hall–Kier alpha value is -3.02. The van der Waals surface area contributed by atoms with Gasteiger partial charge in [0.1, 0.15) is 0 Å². The van der Waals surface area contributed by atoms with Crippen LogP contribution in [0.1, 0.15) is 11.4 Å². The van der Waals surface area contributed by atoms with E-state index in [2.05, 4.69) is 15.3 Å². The largest absolute Gasteiger partial charge is 0.355 e. The second-order valence-corrected chi connectivity index (χ2v) is 5.06. The summed E-state index contributed by atoms with van der Waals surface area (Å²) in [4.78, 5) is 19.1. The molecular weight excluding hydrogens is 280 g/mol. The lowest BCUT2D eigenvalue weighted by atomic mass is 10.2. The fourth-order valence-electron chi connectivity index (χ4n) is 2.25. The molecule has 2 aromatic heterocycles. The monoisotopic (exact) mass is 294 g/mol. The molecule has 6 nitrogen and oxygen atoms in total. The lowest BCUT2D eigenvalue weighted by Gasteiger charge is -2.10. The van der Waals surface area contributed by atoms with Crippen molar-refractivity contribution in [1.82, 2.24) is 9.97 Å². The number of pyridine rings is 2. The first-order chi connectivity index (χ1) is 10.5. The maximum atomic E-state index is 10.7. The maximum absolute atomic E-state index is 10.7. The predicted molar refractivity (Wildman–Crippen MR) is 85.4 cm³/mol. The third-order valence-electron chi connectivity index (χ3n) is 3.30. The van der Waals surface area contributed by atoms with Crippen LogP contribution in [-0.4, -0.2) is 14.9 Å². The van der Waals surface area contributed by atoms with Crippen molar-refractivity contribution in [2.24, 2.45) is 0 Å². The highest BCUT2D eigenvalue weighted by Crippen LogP contribution is 2.26. The highest BCUT2D eigenvalue weighted by molar-refractivity contribution is 5.91. The van der Waals surface area contributed by atoms with Gasteiger partial charge < -0.3 is 5.32 Å². The molecular formula is C16H14N4O2. The summed E-state index contributed by atoms with van der Waals surface area (Å²) in [5.74, 6) is 0. The summed E-state index contributed by atoms with van der Waals surface area (Å²) < 4.78 is 0. The van der Waals surface area contributed by atoms with Crippen molar-refractivity contribution in [3.8, 4) is 0 Å². The zero-order valence-electron chi connectivity index (χ0n) is 12.2. The summed E-state index contributed by atoms with van der Waals surface area (Å²) in [7, 11) is 0. The van der Waals surface area contributed by atoms with Gasteiger partial charge in [-0.05, 0) is 44.2 Å². The molecule has 1 N–H and O–H groups in total. The van der Waals surface area contributed by atoms with Gasteiger partial charge in [-0.1, -0.05) is 0 Å². The van der Waals surface area contributed by atoms with E-state index in [-0.39, 0.29) is 5.69 Å². The van der Waals surface area contributed by atoms with E-state index in [4.69, 9.17) is 0 Å². The van der Waals surface area contributed by atoms with E-state index in [0.29, 0.717) is 5.65 Å². The van der Waals surface area contributed by atoms with Crippen LogP contribution in [0.2, 0.25) is 0 Å². The molecule has 0 aliphatic carbocycles. The van der Waals surface area contributed by atoms with Crippen molar-refractivity contribution in [3.63, 3.8) is 0 Å². The Labute approximate surface area is 127 Å². The minimum absolute atomic E-state index is 0.0682. The minimum atomic E-state index is -0.414. The molecule has 1 aromatic carbocycles. The Balaban J connectivity index is 2.01. The summed E-state index contributed by atoms with van der Waals surface area (Å²) in [5.41, 5.74) is 4.17. The minimum Gasteiger partial charge on any atom is -0.355 e. The average molecular weight is 294 g/mol. The van der Waals surface area contributed by atoms with Gasteiger partial charge in [-0.25, -0.2) is 9.97 Å². The molecule has 0 saturated carbocycles. The number of nitro benzene ring substituents is 1. The van der Waals surface area contributed by atoms with Gasteiger partial charge in [0.05, 0.1) is 10.6 Å². The number of nitrogens with one attached hydrogen (secondary N) is 1. The molecule has 0 atom stereocenters. The molecule has 0 radical (unpaired) electrons. The van der Waals surface area contributed by atoms with E-state index < -0.39 is 4.92 Å². The van der Waals surface area contributed by atoms with Crippen LogP contribution >= 0.6 is 0 Å². The highest BCUT2D eigenvalue weighted by atomic mass is 16.6. The Morgan fingerprint density at radius 3 is 2.36 bits per heavy atom. The van der Waals surface area contributed by atoms with Crippen molar-refractivity contribution < 1.29 is 4.92 Å². The Kier molecular flexibility index (Phi) is 3.42. The van der Waals surface area contributed by atoms with E-state index in [1.807, 2.05) is 32.0 Å². The zero-order chi connectivity index (χ0) is 15.7. The fraction of sp³-hybridized carbons (Fsp3) is 0.125. The van der Waals surface area contributed by atoms with E-state index in [1.54, 1.807) is 12.1 Å². The van der Waals surface area contributed by atoms with E-state index >= 15 is 0 Å².